The molecule has 4 aliphatic rings. The van der Waals surface area contributed by atoms with Crippen molar-refractivity contribution in [3.63, 3.8) is 0 Å². The van der Waals surface area contributed by atoms with Crippen molar-refractivity contribution in [2.75, 3.05) is 5.32 Å². The number of nitrogens with zero attached hydrogens (tertiary/aromatic N) is 1. The predicted molar refractivity (Wildman–Crippen MR) is 118 cm³/mol. The van der Waals surface area contributed by atoms with Gasteiger partial charge < -0.3 is 15.2 Å². The molecule has 1 aromatic heterocycles. The lowest BCUT2D eigenvalue weighted by molar-refractivity contribution is -0.119. The normalized spacial score (nSPS) is 27.6. The van der Waals surface area contributed by atoms with E-state index in [1.165, 1.54) is 30.7 Å². The molecule has 2 unspecified atom stereocenters. The summed E-state index contributed by atoms with van der Waals surface area (Å²) in [5.74, 6) is -0.143. The number of amides is 2. The predicted octanol–water partition coefficient (Wildman–Crippen LogP) is 3.91. The van der Waals surface area contributed by atoms with Crippen molar-refractivity contribution >= 4 is 23.3 Å². The maximum atomic E-state index is 13.2. The number of halogens is 1. The van der Waals surface area contributed by atoms with Gasteiger partial charge >= 0.3 is 0 Å². The van der Waals surface area contributed by atoms with E-state index in [9.17, 15) is 18.8 Å². The quantitative estimate of drug-likeness (QED) is 0.550. The van der Waals surface area contributed by atoms with Crippen LogP contribution in [0, 0.1) is 37.4 Å². The van der Waals surface area contributed by atoms with Crippen molar-refractivity contribution in [3.05, 3.63) is 52.6 Å². The van der Waals surface area contributed by atoms with Crippen LogP contribution in [0.5, 0.6) is 0 Å². The van der Waals surface area contributed by atoms with E-state index >= 15 is 0 Å². The molecule has 0 spiro atoms. The van der Waals surface area contributed by atoms with Gasteiger partial charge in [0.1, 0.15) is 5.82 Å². The largest absolute Gasteiger partial charge is 0.344 e. The highest BCUT2D eigenvalue weighted by molar-refractivity contribution is 6.43. The molecule has 4 bridgehead atoms. The fraction of sp³-hybridized carbons (Fsp3) is 0.480. The van der Waals surface area contributed by atoms with E-state index < -0.39 is 23.4 Å². The van der Waals surface area contributed by atoms with Gasteiger partial charge in [0.2, 0.25) is 0 Å². The third-order valence-corrected chi connectivity index (χ3v) is 8.03. The second-order valence-electron chi connectivity index (χ2n) is 9.94. The summed E-state index contributed by atoms with van der Waals surface area (Å²) >= 11 is 0. The third-order valence-electron chi connectivity index (χ3n) is 8.03. The van der Waals surface area contributed by atoms with Crippen LogP contribution in [0.2, 0.25) is 0 Å². The van der Waals surface area contributed by atoms with Gasteiger partial charge in [0.15, 0.2) is 0 Å². The highest BCUT2D eigenvalue weighted by Gasteiger charge is 2.58. The first kappa shape index (κ1) is 20.9. The number of nitrogens with one attached hydrogen (secondary N) is 2. The first-order valence-electron chi connectivity index (χ1n) is 11.3. The third kappa shape index (κ3) is 3.17. The van der Waals surface area contributed by atoms with Crippen molar-refractivity contribution in [2.24, 2.45) is 24.8 Å². The molecule has 0 radical (unpaired) electrons. The Hall–Kier alpha value is -2.96. The van der Waals surface area contributed by atoms with Crippen molar-refractivity contribution in [1.29, 1.82) is 0 Å². The molecular formula is C25H28FN3O3. The summed E-state index contributed by atoms with van der Waals surface area (Å²) in [4.78, 5) is 39.2. The van der Waals surface area contributed by atoms with E-state index in [4.69, 9.17) is 0 Å². The molecule has 32 heavy (non-hydrogen) atoms. The van der Waals surface area contributed by atoms with Crippen LogP contribution in [0.4, 0.5) is 10.1 Å². The molecule has 7 heteroatoms. The molecule has 0 saturated heterocycles. The lowest BCUT2D eigenvalue weighted by atomic mass is 9.80. The van der Waals surface area contributed by atoms with E-state index in [-0.39, 0.29) is 11.2 Å². The summed E-state index contributed by atoms with van der Waals surface area (Å²) in [6.45, 7) is 3.44. The van der Waals surface area contributed by atoms with Crippen LogP contribution in [0.3, 0.4) is 0 Å². The lowest BCUT2D eigenvalue weighted by Gasteiger charge is -2.33. The molecule has 6 nitrogen and oxygen atoms in total. The van der Waals surface area contributed by atoms with E-state index in [1.807, 2.05) is 0 Å². The van der Waals surface area contributed by atoms with Crippen LogP contribution < -0.4 is 10.6 Å². The summed E-state index contributed by atoms with van der Waals surface area (Å²) in [6.07, 6.45) is 5.51. The minimum atomic E-state index is -0.602. The molecular weight excluding hydrogens is 409 g/mol. The van der Waals surface area contributed by atoms with Crippen molar-refractivity contribution in [1.82, 2.24) is 9.88 Å². The van der Waals surface area contributed by atoms with Crippen molar-refractivity contribution in [3.8, 4) is 0 Å². The average Bonchev–Trinajstić information content (AvgIpc) is 3.22. The van der Waals surface area contributed by atoms with Gasteiger partial charge in [0, 0.05) is 24.0 Å². The van der Waals surface area contributed by atoms with E-state index in [0.717, 1.165) is 25.7 Å². The van der Waals surface area contributed by atoms with Crippen LogP contribution in [0.1, 0.15) is 64.2 Å². The van der Waals surface area contributed by atoms with Gasteiger partial charge in [-0.3, -0.25) is 14.4 Å². The number of hydrogen-bond acceptors (Lipinski definition) is 3. The van der Waals surface area contributed by atoms with Gasteiger partial charge in [0.05, 0.1) is 11.3 Å². The van der Waals surface area contributed by atoms with Crippen LogP contribution in [-0.4, -0.2) is 27.7 Å². The van der Waals surface area contributed by atoms with Gasteiger partial charge in [0.25, 0.3) is 17.6 Å². The highest BCUT2D eigenvalue weighted by Crippen LogP contribution is 2.60. The van der Waals surface area contributed by atoms with Gasteiger partial charge in [-0.1, -0.05) is 0 Å². The Bertz CT molecular complexity index is 1120. The number of carbonyl (C=O) groups excluding carboxylic acids is 3. The Kier molecular flexibility index (Phi) is 4.76. The minimum absolute atomic E-state index is 0.225. The Morgan fingerprint density at radius 2 is 1.66 bits per heavy atom. The zero-order valence-corrected chi connectivity index (χ0v) is 18.6. The van der Waals surface area contributed by atoms with Gasteiger partial charge in [-0.2, -0.15) is 0 Å². The molecule has 2 amide bonds. The Labute approximate surface area is 186 Å². The summed E-state index contributed by atoms with van der Waals surface area (Å²) < 4.78 is 14.8. The first-order valence-corrected chi connectivity index (χ1v) is 11.3. The van der Waals surface area contributed by atoms with Crippen LogP contribution >= 0.6 is 0 Å². The monoisotopic (exact) mass is 437 g/mol. The number of Topliss-reactive ketones (excluding diaryl/α,β-unsaturated/α-hetero) is 1. The summed E-state index contributed by atoms with van der Waals surface area (Å²) in [6, 6.07) is 5.48. The second-order valence-corrected chi connectivity index (χ2v) is 9.94. The lowest BCUT2D eigenvalue weighted by Crippen LogP contribution is -2.51. The van der Waals surface area contributed by atoms with Crippen LogP contribution in [0.15, 0.2) is 24.3 Å². The van der Waals surface area contributed by atoms with Crippen molar-refractivity contribution < 1.29 is 18.8 Å². The fourth-order valence-electron chi connectivity index (χ4n) is 6.75. The molecule has 4 fully saturated rings. The standard InChI is InChI=1S/C25H28FN3O3/c1-13-20(23(31)27-19-6-4-18(26)5-7-19)14(2)29(3)21(13)22(30)24(32)28-25-11-15-8-16(12-25)10-17(25)9-15/h4-7,15-17H,8-12H2,1-3H3,(H,27,31)(H,28,32). The molecule has 6 rings (SSSR count). The smallest absolute Gasteiger partial charge is 0.294 e. The zero-order chi connectivity index (χ0) is 22.8. The Morgan fingerprint density at radius 3 is 2.28 bits per heavy atom. The molecule has 168 valence electrons. The zero-order valence-electron chi connectivity index (χ0n) is 18.6. The SMILES string of the molecule is Cc1c(C(=O)Nc2ccc(F)cc2)c(C)n(C)c1C(=O)C(=O)NC12CC3CC(CC1C3)C2. The number of ketones is 1. The average molecular weight is 438 g/mol. The molecule has 1 aromatic carbocycles. The van der Waals surface area contributed by atoms with E-state index in [2.05, 4.69) is 10.6 Å². The number of anilines is 1. The Morgan fingerprint density at radius 1 is 1.03 bits per heavy atom. The van der Waals surface area contributed by atoms with Crippen LogP contribution in [-0.2, 0) is 11.8 Å². The number of benzene rings is 1. The number of aromatic nitrogens is 1. The van der Waals surface area contributed by atoms with Gasteiger partial charge in [-0.15, -0.1) is 0 Å². The van der Waals surface area contributed by atoms with Crippen LogP contribution in [0.25, 0.3) is 0 Å². The maximum Gasteiger partial charge on any atom is 0.294 e. The van der Waals surface area contributed by atoms with E-state index in [1.54, 1.807) is 25.5 Å². The molecule has 1 heterocycles. The molecule has 2 N–H and O–H groups in total. The van der Waals surface area contributed by atoms with Crippen molar-refractivity contribution in [2.45, 2.75) is 51.5 Å². The summed E-state index contributed by atoms with van der Waals surface area (Å²) in [5.41, 5.74) is 1.88. The second kappa shape index (κ2) is 7.29. The maximum absolute atomic E-state index is 13.2. The van der Waals surface area contributed by atoms with E-state index in [0.29, 0.717) is 40.3 Å². The Balaban J connectivity index is 1.38. The number of carbonyl (C=O) groups is 3. The first-order chi connectivity index (χ1) is 15.2. The summed E-state index contributed by atoms with van der Waals surface area (Å²) in [5, 5.41) is 5.88. The molecule has 2 atom stereocenters. The van der Waals surface area contributed by atoms with Gasteiger partial charge in [-0.25, -0.2) is 4.39 Å². The minimum Gasteiger partial charge on any atom is -0.344 e. The number of hydrogen-bond donors (Lipinski definition) is 2. The number of rotatable bonds is 5. The molecule has 0 aliphatic heterocycles. The highest BCUT2D eigenvalue weighted by atomic mass is 19.1. The van der Waals surface area contributed by atoms with Gasteiger partial charge in [-0.05, 0) is 93.5 Å². The molecule has 4 saturated carbocycles. The fourth-order valence-corrected chi connectivity index (χ4v) is 6.75. The summed E-state index contributed by atoms with van der Waals surface area (Å²) in [7, 11) is 1.69. The molecule has 2 aromatic rings. The molecule has 4 aliphatic carbocycles. The topological polar surface area (TPSA) is 80.2 Å².